The molecule has 0 aliphatic rings. The Labute approximate surface area is 245 Å². The quantitative estimate of drug-likeness (QED) is 0.0763. The number of pyridine rings is 1. The smallest absolute Gasteiger partial charge is 0.340 e. The Morgan fingerprint density at radius 3 is 2.33 bits per heavy atom. The number of halogens is 1. The number of ether oxygens (including phenoxy) is 2. The summed E-state index contributed by atoms with van der Waals surface area (Å²) in [5.74, 6) is 0.350. The van der Waals surface area contributed by atoms with Crippen molar-refractivity contribution in [3.63, 3.8) is 0 Å². The third-order valence-electron chi connectivity index (χ3n) is 6.00. The fourth-order valence-corrected chi connectivity index (χ4v) is 5.52. The van der Waals surface area contributed by atoms with Crippen molar-refractivity contribution < 1.29 is 14.3 Å². The van der Waals surface area contributed by atoms with Gasteiger partial charge in [-0.1, -0.05) is 64.1 Å². The molecule has 6 nitrogen and oxygen atoms in total. The summed E-state index contributed by atoms with van der Waals surface area (Å²) in [6.45, 7) is 2.06. The molecule has 0 amide bonds. The highest BCUT2D eigenvalue weighted by Gasteiger charge is 2.26. The van der Waals surface area contributed by atoms with Crippen LogP contribution in [0.25, 0.3) is 16.9 Å². The lowest BCUT2D eigenvalue weighted by Gasteiger charge is -2.14. The number of thioether (sulfide) groups is 1. The van der Waals surface area contributed by atoms with E-state index in [0.29, 0.717) is 16.8 Å². The second-order valence-electron chi connectivity index (χ2n) is 8.59. The molecule has 8 heteroatoms. The van der Waals surface area contributed by atoms with Gasteiger partial charge >= 0.3 is 5.97 Å². The maximum Gasteiger partial charge on any atom is 0.340 e. The van der Waals surface area contributed by atoms with Crippen molar-refractivity contribution >= 4 is 44.4 Å². The van der Waals surface area contributed by atoms with Gasteiger partial charge in [0.25, 0.3) is 0 Å². The first kappa shape index (κ1) is 27.4. The average molecular weight is 613 g/mol. The van der Waals surface area contributed by atoms with Gasteiger partial charge in [0.2, 0.25) is 0 Å². The Morgan fingerprint density at radius 2 is 1.68 bits per heavy atom. The summed E-state index contributed by atoms with van der Waals surface area (Å²) in [4.78, 5) is 22.9. The summed E-state index contributed by atoms with van der Waals surface area (Å²) in [5, 5.41) is 1.55. The van der Waals surface area contributed by atoms with Crippen LogP contribution in [0.4, 0.5) is 5.69 Å². The molecule has 40 heavy (non-hydrogen) atoms. The molecule has 0 saturated heterocycles. The first-order valence-corrected chi connectivity index (χ1v) is 14.2. The molecule has 0 unspecified atom stereocenters. The summed E-state index contributed by atoms with van der Waals surface area (Å²) in [7, 11) is 1.64. The van der Waals surface area contributed by atoms with E-state index < -0.39 is 5.97 Å². The summed E-state index contributed by atoms with van der Waals surface area (Å²) in [6.07, 6.45) is 3.54. The van der Waals surface area contributed by atoms with E-state index in [2.05, 4.69) is 20.9 Å². The number of hydrogen-bond donors (Lipinski definition) is 0. The lowest BCUT2D eigenvalue weighted by atomic mass is 10.1. The minimum Gasteiger partial charge on any atom is -0.497 e. The van der Waals surface area contributed by atoms with E-state index >= 15 is 0 Å². The van der Waals surface area contributed by atoms with Crippen molar-refractivity contribution in [2.75, 3.05) is 13.7 Å². The van der Waals surface area contributed by atoms with Crippen LogP contribution in [-0.2, 0) is 4.74 Å². The maximum atomic E-state index is 13.3. The molecule has 200 valence electrons. The van der Waals surface area contributed by atoms with E-state index in [1.807, 2.05) is 108 Å². The van der Waals surface area contributed by atoms with E-state index in [9.17, 15) is 4.79 Å². The normalized spacial score (nSPS) is 11.3. The Balaban J connectivity index is 1.74. The van der Waals surface area contributed by atoms with E-state index in [1.54, 1.807) is 20.2 Å². The van der Waals surface area contributed by atoms with Crippen molar-refractivity contribution in [3.05, 3.63) is 125 Å². The minimum atomic E-state index is -0.408. The SMILES string of the molecule is CCOC(=O)c1cn(-c2ccc(Br)cc2)c(SC(=Nc2ccc(OC)cc2)c2ccccc2)c1-c1ccccn1. The van der Waals surface area contributed by atoms with Crippen LogP contribution >= 0.6 is 27.7 Å². The van der Waals surface area contributed by atoms with Crippen molar-refractivity contribution in [2.24, 2.45) is 4.99 Å². The van der Waals surface area contributed by atoms with Crippen LogP contribution in [-0.4, -0.2) is 34.3 Å². The summed E-state index contributed by atoms with van der Waals surface area (Å²) in [5.41, 5.74) is 4.39. The number of hydrogen-bond acceptors (Lipinski definition) is 6. The molecule has 0 radical (unpaired) electrons. The monoisotopic (exact) mass is 611 g/mol. The molecule has 0 bridgehead atoms. The van der Waals surface area contributed by atoms with Gasteiger partial charge in [-0.25, -0.2) is 9.79 Å². The van der Waals surface area contributed by atoms with Gasteiger partial charge in [0.15, 0.2) is 0 Å². The Kier molecular flexibility index (Phi) is 8.78. The number of aliphatic imine (C=N–C) groups is 1. The van der Waals surface area contributed by atoms with Crippen LogP contribution in [0.5, 0.6) is 5.75 Å². The predicted molar refractivity (Wildman–Crippen MR) is 164 cm³/mol. The maximum absolute atomic E-state index is 13.3. The molecule has 0 aliphatic heterocycles. The van der Waals surface area contributed by atoms with E-state index in [1.165, 1.54) is 11.8 Å². The number of nitrogens with zero attached hydrogens (tertiary/aromatic N) is 3. The van der Waals surface area contributed by atoms with E-state index in [4.69, 9.17) is 14.5 Å². The summed E-state index contributed by atoms with van der Waals surface area (Å²) >= 11 is 5.00. The average Bonchev–Trinajstić information content (AvgIpc) is 3.38. The molecule has 0 fully saturated rings. The largest absolute Gasteiger partial charge is 0.497 e. The first-order valence-electron chi connectivity index (χ1n) is 12.6. The van der Waals surface area contributed by atoms with Crippen molar-refractivity contribution in [1.82, 2.24) is 9.55 Å². The fraction of sp³-hybridized carbons (Fsp3) is 0.0938. The van der Waals surface area contributed by atoms with Crippen LogP contribution in [0, 0.1) is 0 Å². The third kappa shape index (κ3) is 6.19. The second-order valence-corrected chi connectivity index (χ2v) is 10.5. The van der Waals surface area contributed by atoms with Gasteiger partial charge in [-0.05, 0) is 67.6 Å². The predicted octanol–water partition coefficient (Wildman–Crippen LogP) is 8.36. The van der Waals surface area contributed by atoms with Crippen LogP contribution in [0.1, 0.15) is 22.8 Å². The third-order valence-corrected chi connectivity index (χ3v) is 7.64. The zero-order chi connectivity index (χ0) is 27.9. The lowest BCUT2D eigenvalue weighted by Crippen LogP contribution is -2.05. The fourth-order valence-electron chi connectivity index (χ4n) is 4.10. The number of aromatic nitrogens is 2. The number of rotatable bonds is 8. The second kappa shape index (κ2) is 12.8. The van der Waals surface area contributed by atoms with E-state index in [0.717, 1.165) is 37.2 Å². The first-order chi connectivity index (χ1) is 19.6. The van der Waals surface area contributed by atoms with Gasteiger partial charge < -0.3 is 14.0 Å². The minimum absolute atomic E-state index is 0.265. The van der Waals surface area contributed by atoms with Crippen LogP contribution in [0.3, 0.4) is 0 Å². The molecule has 0 spiro atoms. The molecular formula is C32H26BrN3O3S. The number of methoxy groups -OCH3 is 1. The molecular weight excluding hydrogens is 586 g/mol. The Hall–Kier alpha value is -4.14. The van der Waals surface area contributed by atoms with Crippen molar-refractivity contribution in [2.45, 2.75) is 11.9 Å². The number of esters is 1. The highest BCUT2D eigenvalue weighted by molar-refractivity contribution is 9.10. The Morgan fingerprint density at radius 1 is 0.950 bits per heavy atom. The number of benzene rings is 3. The molecule has 5 aromatic rings. The van der Waals surface area contributed by atoms with Gasteiger partial charge in [-0.2, -0.15) is 0 Å². The van der Waals surface area contributed by atoms with Gasteiger partial charge in [0.1, 0.15) is 10.8 Å². The molecule has 0 N–H and O–H groups in total. The number of carbonyl (C=O) groups excluding carboxylic acids is 1. The zero-order valence-corrected chi connectivity index (χ0v) is 24.4. The number of carbonyl (C=O) groups is 1. The Bertz CT molecular complexity index is 1620. The summed E-state index contributed by atoms with van der Waals surface area (Å²) in [6, 6.07) is 31.2. The van der Waals surface area contributed by atoms with Crippen molar-refractivity contribution in [3.8, 4) is 22.7 Å². The van der Waals surface area contributed by atoms with Gasteiger partial charge in [0.05, 0.1) is 35.7 Å². The van der Waals surface area contributed by atoms with E-state index in [-0.39, 0.29) is 6.61 Å². The van der Waals surface area contributed by atoms with Crippen LogP contribution in [0.2, 0.25) is 0 Å². The molecule has 0 saturated carbocycles. The molecule has 0 atom stereocenters. The zero-order valence-electron chi connectivity index (χ0n) is 22.0. The van der Waals surface area contributed by atoms with Gasteiger partial charge in [-0.15, -0.1) is 0 Å². The molecule has 0 aliphatic carbocycles. The molecule has 3 aromatic carbocycles. The lowest BCUT2D eigenvalue weighted by molar-refractivity contribution is 0.0527. The van der Waals surface area contributed by atoms with Crippen molar-refractivity contribution in [1.29, 1.82) is 0 Å². The highest BCUT2D eigenvalue weighted by Crippen LogP contribution is 2.40. The molecule has 2 heterocycles. The molecule has 5 rings (SSSR count). The molecule has 2 aromatic heterocycles. The van der Waals surface area contributed by atoms with Gasteiger partial charge in [0, 0.05) is 33.7 Å². The topological polar surface area (TPSA) is 65.7 Å². The van der Waals surface area contributed by atoms with Crippen LogP contribution in [0.15, 0.2) is 124 Å². The summed E-state index contributed by atoms with van der Waals surface area (Å²) < 4.78 is 13.8. The highest BCUT2D eigenvalue weighted by atomic mass is 79.9. The van der Waals surface area contributed by atoms with Crippen LogP contribution < -0.4 is 4.74 Å². The standard InChI is InChI=1S/C32H26BrN3O3S/c1-3-39-32(37)27-21-36(25-16-12-23(33)13-17-25)31(29(27)28-11-7-8-20-34-28)40-30(22-9-5-4-6-10-22)35-24-14-18-26(38-2)19-15-24/h4-21H,3H2,1-2H3. The van der Waals surface area contributed by atoms with Gasteiger partial charge in [-0.3, -0.25) is 4.98 Å².